The average molecular weight is 235 g/mol. The third-order valence-electron chi connectivity index (χ3n) is 2.27. The van der Waals surface area contributed by atoms with Crippen molar-refractivity contribution in [2.45, 2.75) is 19.9 Å². The predicted octanol–water partition coefficient (Wildman–Crippen LogP) is 1.44. The molecule has 0 saturated carbocycles. The molecule has 0 bridgehead atoms. The van der Waals surface area contributed by atoms with Crippen LogP contribution < -0.4 is 10.5 Å². The van der Waals surface area contributed by atoms with E-state index >= 15 is 0 Å². The van der Waals surface area contributed by atoms with Crippen LogP contribution in [-0.2, 0) is 0 Å². The molecule has 1 aromatic carbocycles. The van der Waals surface area contributed by atoms with Gasteiger partial charge in [-0.2, -0.15) is 5.26 Å². The maximum atomic E-state index is 10.8. The molecule has 0 aliphatic rings. The second kappa shape index (κ2) is 5.27. The molecule has 1 aromatic rings. The standard InChI is InChI=1S/C11H13N3O3/c1-7-3-8(2)11(4-10(7)14(15)16)17-6-9(13)5-12/h3-4,9H,6,13H2,1-2H3. The summed E-state index contributed by atoms with van der Waals surface area (Å²) >= 11 is 0. The summed E-state index contributed by atoms with van der Waals surface area (Å²) in [6.07, 6.45) is 0. The van der Waals surface area contributed by atoms with Gasteiger partial charge >= 0.3 is 0 Å². The number of benzene rings is 1. The fraction of sp³-hybridized carbons (Fsp3) is 0.364. The van der Waals surface area contributed by atoms with Crippen LogP contribution in [0.15, 0.2) is 12.1 Å². The topological polar surface area (TPSA) is 102 Å². The number of nitro groups is 1. The van der Waals surface area contributed by atoms with E-state index < -0.39 is 11.0 Å². The molecule has 90 valence electrons. The Bertz CT molecular complexity index is 480. The number of hydrogen-bond donors (Lipinski definition) is 1. The lowest BCUT2D eigenvalue weighted by molar-refractivity contribution is -0.385. The predicted molar refractivity (Wildman–Crippen MR) is 61.7 cm³/mol. The highest BCUT2D eigenvalue weighted by molar-refractivity contribution is 5.49. The summed E-state index contributed by atoms with van der Waals surface area (Å²) in [7, 11) is 0. The Morgan fingerprint density at radius 1 is 1.53 bits per heavy atom. The number of rotatable bonds is 4. The minimum absolute atomic E-state index is 0.00358. The molecule has 6 nitrogen and oxygen atoms in total. The van der Waals surface area contributed by atoms with Crippen LogP contribution in [0, 0.1) is 35.3 Å². The zero-order valence-electron chi connectivity index (χ0n) is 9.64. The number of nitriles is 1. The second-order valence-corrected chi connectivity index (χ2v) is 3.71. The lowest BCUT2D eigenvalue weighted by Gasteiger charge is -2.10. The highest BCUT2D eigenvalue weighted by Crippen LogP contribution is 2.27. The van der Waals surface area contributed by atoms with E-state index in [0.717, 1.165) is 5.56 Å². The summed E-state index contributed by atoms with van der Waals surface area (Å²) in [6.45, 7) is 3.46. The smallest absolute Gasteiger partial charge is 0.276 e. The van der Waals surface area contributed by atoms with Gasteiger partial charge in [-0.1, -0.05) is 0 Å². The number of aryl methyl sites for hydroxylation is 2. The van der Waals surface area contributed by atoms with Gasteiger partial charge in [0.1, 0.15) is 18.4 Å². The highest BCUT2D eigenvalue weighted by Gasteiger charge is 2.15. The highest BCUT2D eigenvalue weighted by atomic mass is 16.6. The first-order valence-electron chi connectivity index (χ1n) is 4.99. The van der Waals surface area contributed by atoms with Gasteiger partial charge in [-0.25, -0.2) is 0 Å². The molecule has 0 spiro atoms. The Balaban J connectivity index is 2.97. The van der Waals surface area contributed by atoms with Crippen molar-refractivity contribution in [1.82, 2.24) is 0 Å². The van der Waals surface area contributed by atoms with Crippen molar-refractivity contribution in [2.24, 2.45) is 5.73 Å². The third-order valence-corrected chi connectivity index (χ3v) is 2.27. The summed E-state index contributed by atoms with van der Waals surface area (Å²) in [6, 6.07) is 4.11. The van der Waals surface area contributed by atoms with Crippen molar-refractivity contribution in [3.05, 3.63) is 33.4 Å². The van der Waals surface area contributed by atoms with E-state index in [0.29, 0.717) is 11.3 Å². The monoisotopic (exact) mass is 235 g/mol. The molecule has 6 heteroatoms. The maximum absolute atomic E-state index is 10.8. The summed E-state index contributed by atoms with van der Waals surface area (Å²) in [5.41, 5.74) is 6.72. The molecule has 0 aromatic heterocycles. The minimum Gasteiger partial charge on any atom is -0.490 e. The van der Waals surface area contributed by atoms with E-state index in [1.165, 1.54) is 6.07 Å². The fourth-order valence-corrected chi connectivity index (χ4v) is 1.39. The zero-order chi connectivity index (χ0) is 13.0. The number of ether oxygens (including phenoxy) is 1. The third kappa shape index (κ3) is 3.16. The van der Waals surface area contributed by atoms with Crippen molar-refractivity contribution in [1.29, 1.82) is 5.26 Å². The van der Waals surface area contributed by atoms with Crippen molar-refractivity contribution < 1.29 is 9.66 Å². The first kappa shape index (κ1) is 12.9. The SMILES string of the molecule is Cc1cc(C)c([N+](=O)[O-])cc1OCC(N)C#N. The van der Waals surface area contributed by atoms with Gasteiger partial charge < -0.3 is 10.5 Å². The van der Waals surface area contributed by atoms with E-state index in [2.05, 4.69) is 0 Å². The van der Waals surface area contributed by atoms with Crippen molar-refractivity contribution in [3.8, 4) is 11.8 Å². The van der Waals surface area contributed by atoms with Crippen LogP contribution in [0.1, 0.15) is 11.1 Å². The summed E-state index contributed by atoms with van der Waals surface area (Å²) in [5, 5.41) is 19.3. The number of nitro benzene ring substituents is 1. The molecule has 2 N–H and O–H groups in total. The number of nitrogens with two attached hydrogens (primary N) is 1. The molecule has 0 radical (unpaired) electrons. The van der Waals surface area contributed by atoms with Gasteiger partial charge in [0.25, 0.3) is 5.69 Å². The Morgan fingerprint density at radius 3 is 2.71 bits per heavy atom. The molecule has 0 aliphatic carbocycles. The van der Waals surface area contributed by atoms with Crippen LogP contribution in [0.4, 0.5) is 5.69 Å². The molecular formula is C11H13N3O3. The second-order valence-electron chi connectivity index (χ2n) is 3.71. The molecule has 1 unspecified atom stereocenters. The average Bonchev–Trinajstić information content (AvgIpc) is 2.26. The van der Waals surface area contributed by atoms with Crippen molar-refractivity contribution >= 4 is 5.69 Å². The van der Waals surface area contributed by atoms with Gasteiger partial charge in [0, 0.05) is 5.56 Å². The number of hydrogen-bond acceptors (Lipinski definition) is 5. The Hall–Kier alpha value is -2.13. The van der Waals surface area contributed by atoms with Crippen molar-refractivity contribution in [3.63, 3.8) is 0 Å². The van der Waals surface area contributed by atoms with E-state index in [1.54, 1.807) is 19.9 Å². The van der Waals surface area contributed by atoms with E-state index in [1.807, 2.05) is 6.07 Å². The van der Waals surface area contributed by atoms with Gasteiger partial charge in [0.05, 0.1) is 17.1 Å². The molecule has 0 aliphatic heterocycles. The van der Waals surface area contributed by atoms with Crippen LogP contribution in [-0.4, -0.2) is 17.6 Å². The largest absolute Gasteiger partial charge is 0.490 e. The lowest BCUT2D eigenvalue weighted by Crippen LogP contribution is -2.25. The van der Waals surface area contributed by atoms with Crippen LogP contribution in [0.2, 0.25) is 0 Å². The van der Waals surface area contributed by atoms with E-state index in [9.17, 15) is 10.1 Å². The van der Waals surface area contributed by atoms with Crippen LogP contribution >= 0.6 is 0 Å². The molecule has 1 atom stereocenters. The lowest BCUT2D eigenvalue weighted by atomic mass is 10.1. The molecule has 0 amide bonds. The van der Waals surface area contributed by atoms with Gasteiger partial charge in [0.15, 0.2) is 0 Å². The Labute approximate surface area is 98.8 Å². The van der Waals surface area contributed by atoms with Gasteiger partial charge in [-0.3, -0.25) is 10.1 Å². The summed E-state index contributed by atoms with van der Waals surface area (Å²) in [5.74, 6) is 0.382. The van der Waals surface area contributed by atoms with Gasteiger partial charge in [0.2, 0.25) is 0 Å². The molecule has 0 saturated heterocycles. The van der Waals surface area contributed by atoms with Gasteiger partial charge in [-0.15, -0.1) is 0 Å². The summed E-state index contributed by atoms with van der Waals surface area (Å²) < 4.78 is 5.28. The normalized spacial score (nSPS) is 11.6. The Kier molecular flexibility index (Phi) is 4.01. The summed E-state index contributed by atoms with van der Waals surface area (Å²) in [4.78, 5) is 10.3. The number of nitrogens with zero attached hydrogens (tertiary/aromatic N) is 2. The molecule has 0 heterocycles. The van der Waals surface area contributed by atoms with E-state index in [4.69, 9.17) is 15.7 Å². The van der Waals surface area contributed by atoms with Gasteiger partial charge in [-0.05, 0) is 25.5 Å². The van der Waals surface area contributed by atoms with Crippen molar-refractivity contribution in [2.75, 3.05) is 6.61 Å². The molecule has 17 heavy (non-hydrogen) atoms. The maximum Gasteiger partial charge on any atom is 0.276 e. The van der Waals surface area contributed by atoms with Crippen LogP contribution in [0.5, 0.6) is 5.75 Å². The zero-order valence-corrected chi connectivity index (χ0v) is 9.64. The van der Waals surface area contributed by atoms with E-state index in [-0.39, 0.29) is 12.3 Å². The molecule has 0 fully saturated rings. The Morgan fingerprint density at radius 2 is 2.18 bits per heavy atom. The first-order chi connectivity index (χ1) is 7.95. The minimum atomic E-state index is -0.741. The molecule has 1 rings (SSSR count). The molecular weight excluding hydrogens is 222 g/mol. The van der Waals surface area contributed by atoms with Crippen LogP contribution in [0.3, 0.4) is 0 Å². The van der Waals surface area contributed by atoms with Crippen LogP contribution in [0.25, 0.3) is 0 Å². The first-order valence-corrected chi connectivity index (χ1v) is 4.99. The quantitative estimate of drug-likeness (QED) is 0.628. The fourth-order valence-electron chi connectivity index (χ4n) is 1.39.